The highest BCUT2D eigenvalue weighted by molar-refractivity contribution is 5.26. The molecule has 0 spiro atoms. The number of aliphatic hydroxyl groups is 1. The van der Waals surface area contributed by atoms with Crippen LogP contribution < -0.4 is 0 Å². The van der Waals surface area contributed by atoms with Crippen LogP contribution in [0.4, 0.5) is 8.78 Å². The third kappa shape index (κ3) is 4.05. The van der Waals surface area contributed by atoms with Crippen molar-refractivity contribution in [2.24, 2.45) is 0 Å². The molecule has 0 amide bonds. The van der Waals surface area contributed by atoms with Gasteiger partial charge in [0.1, 0.15) is 0 Å². The lowest BCUT2D eigenvalue weighted by atomic mass is 10.0. The third-order valence-electron chi connectivity index (χ3n) is 3.25. The van der Waals surface area contributed by atoms with E-state index >= 15 is 0 Å². The SMILES string of the molecule is CCCCCCCC(O)c1ccc(C)c(F)c1F. The summed E-state index contributed by atoms with van der Waals surface area (Å²) < 4.78 is 27.0. The molecule has 0 aliphatic rings. The van der Waals surface area contributed by atoms with E-state index in [2.05, 4.69) is 6.92 Å². The molecule has 0 saturated heterocycles. The number of hydrogen-bond acceptors (Lipinski definition) is 1. The molecule has 0 heterocycles. The fourth-order valence-electron chi connectivity index (χ4n) is 2.02. The molecule has 1 aromatic carbocycles. The molecule has 1 rings (SSSR count). The van der Waals surface area contributed by atoms with Crippen molar-refractivity contribution >= 4 is 0 Å². The van der Waals surface area contributed by atoms with Crippen molar-refractivity contribution in [3.63, 3.8) is 0 Å². The largest absolute Gasteiger partial charge is 0.388 e. The van der Waals surface area contributed by atoms with Crippen LogP contribution in [0.25, 0.3) is 0 Å². The molecule has 102 valence electrons. The molecule has 1 aromatic rings. The fraction of sp³-hybridized carbons (Fsp3) is 0.600. The van der Waals surface area contributed by atoms with E-state index in [0.717, 1.165) is 19.3 Å². The Morgan fingerprint density at radius 1 is 1.06 bits per heavy atom. The lowest BCUT2D eigenvalue weighted by Gasteiger charge is -2.13. The van der Waals surface area contributed by atoms with Crippen LogP contribution in [0.3, 0.4) is 0 Å². The summed E-state index contributed by atoms with van der Waals surface area (Å²) in [5.74, 6) is -1.76. The molecule has 0 aliphatic heterocycles. The summed E-state index contributed by atoms with van der Waals surface area (Å²) >= 11 is 0. The lowest BCUT2D eigenvalue weighted by molar-refractivity contribution is 0.157. The second kappa shape index (κ2) is 7.47. The first-order valence-corrected chi connectivity index (χ1v) is 6.70. The average Bonchev–Trinajstić information content (AvgIpc) is 2.35. The number of unbranched alkanes of at least 4 members (excludes halogenated alkanes) is 4. The number of rotatable bonds is 7. The zero-order chi connectivity index (χ0) is 13.5. The van der Waals surface area contributed by atoms with Gasteiger partial charge in [-0.15, -0.1) is 0 Å². The van der Waals surface area contributed by atoms with Gasteiger partial charge in [-0.2, -0.15) is 0 Å². The van der Waals surface area contributed by atoms with Gasteiger partial charge in [0.15, 0.2) is 11.6 Å². The standard InChI is InChI=1S/C15H22F2O/c1-3-4-5-6-7-8-13(18)12-10-9-11(2)14(16)15(12)17/h9-10,13,18H,3-8H2,1-2H3. The van der Waals surface area contributed by atoms with Crippen LogP contribution in [0.2, 0.25) is 0 Å². The summed E-state index contributed by atoms with van der Waals surface area (Å²) in [6.45, 7) is 3.65. The molecule has 0 aromatic heterocycles. The van der Waals surface area contributed by atoms with Crippen molar-refractivity contribution in [2.45, 2.75) is 58.5 Å². The quantitative estimate of drug-likeness (QED) is 0.703. The Kier molecular flexibility index (Phi) is 6.27. The van der Waals surface area contributed by atoms with Crippen molar-refractivity contribution in [1.82, 2.24) is 0 Å². The second-order valence-corrected chi connectivity index (χ2v) is 4.82. The molecule has 0 radical (unpaired) electrons. The maximum atomic E-state index is 13.6. The number of aryl methyl sites for hydroxylation is 1. The van der Waals surface area contributed by atoms with Gasteiger partial charge in [0.25, 0.3) is 0 Å². The van der Waals surface area contributed by atoms with Gasteiger partial charge in [-0.1, -0.05) is 51.2 Å². The van der Waals surface area contributed by atoms with Gasteiger partial charge >= 0.3 is 0 Å². The predicted molar refractivity (Wildman–Crippen MR) is 69.4 cm³/mol. The van der Waals surface area contributed by atoms with Crippen LogP contribution in [-0.2, 0) is 0 Å². The molecule has 1 N–H and O–H groups in total. The normalized spacial score (nSPS) is 12.7. The van der Waals surface area contributed by atoms with Crippen LogP contribution in [0.5, 0.6) is 0 Å². The second-order valence-electron chi connectivity index (χ2n) is 4.82. The summed E-state index contributed by atoms with van der Waals surface area (Å²) in [7, 11) is 0. The minimum atomic E-state index is -0.906. The Balaban J connectivity index is 2.51. The molecule has 0 saturated carbocycles. The molecular weight excluding hydrogens is 234 g/mol. The van der Waals surface area contributed by atoms with Gasteiger partial charge in [-0.25, -0.2) is 8.78 Å². The lowest BCUT2D eigenvalue weighted by Crippen LogP contribution is -2.04. The van der Waals surface area contributed by atoms with E-state index in [9.17, 15) is 13.9 Å². The molecular formula is C15H22F2O. The van der Waals surface area contributed by atoms with Crippen LogP contribution in [0.15, 0.2) is 12.1 Å². The van der Waals surface area contributed by atoms with E-state index in [1.807, 2.05) is 0 Å². The van der Waals surface area contributed by atoms with E-state index in [1.54, 1.807) is 0 Å². The summed E-state index contributed by atoms with van der Waals surface area (Å²) in [4.78, 5) is 0. The van der Waals surface area contributed by atoms with Gasteiger partial charge in [0, 0.05) is 5.56 Å². The van der Waals surface area contributed by atoms with E-state index < -0.39 is 17.7 Å². The number of halogens is 2. The van der Waals surface area contributed by atoms with Crippen LogP contribution in [0.1, 0.15) is 62.7 Å². The van der Waals surface area contributed by atoms with Crippen LogP contribution >= 0.6 is 0 Å². The van der Waals surface area contributed by atoms with Gasteiger partial charge in [-0.3, -0.25) is 0 Å². The minimum Gasteiger partial charge on any atom is -0.388 e. The van der Waals surface area contributed by atoms with Crippen molar-refractivity contribution < 1.29 is 13.9 Å². The Hall–Kier alpha value is -0.960. The first-order chi connectivity index (χ1) is 8.57. The summed E-state index contributed by atoms with van der Waals surface area (Å²) in [5, 5.41) is 9.87. The zero-order valence-corrected chi connectivity index (χ0v) is 11.2. The Labute approximate surface area is 108 Å². The Morgan fingerprint density at radius 3 is 2.39 bits per heavy atom. The molecule has 3 heteroatoms. The highest BCUT2D eigenvalue weighted by atomic mass is 19.2. The molecule has 1 atom stereocenters. The first-order valence-electron chi connectivity index (χ1n) is 6.70. The van der Waals surface area contributed by atoms with Crippen molar-refractivity contribution in [3.8, 4) is 0 Å². The first kappa shape index (κ1) is 15.1. The summed E-state index contributed by atoms with van der Waals surface area (Å²) in [6, 6.07) is 2.98. The van der Waals surface area contributed by atoms with E-state index in [1.165, 1.54) is 31.9 Å². The predicted octanol–water partition coefficient (Wildman–Crippen LogP) is 4.67. The van der Waals surface area contributed by atoms with Gasteiger partial charge < -0.3 is 5.11 Å². The van der Waals surface area contributed by atoms with E-state index in [-0.39, 0.29) is 11.1 Å². The molecule has 0 aliphatic carbocycles. The zero-order valence-electron chi connectivity index (χ0n) is 11.2. The smallest absolute Gasteiger partial charge is 0.164 e. The van der Waals surface area contributed by atoms with Gasteiger partial charge in [0.2, 0.25) is 0 Å². The summed E-state index contributed by atoms with van der Waals surface area (Å²) in [6.07, 6.45) is 4.94. The number of hydrogen-bond donors (Lipinski definition) is 1. The minimum absolute atomic E-state index is 0.0774. The number of benzene rings is 1. The molecule has 1 unspecified atom stereocenters. The Bertz CT molecular complexity index is 377. The van der Waals surface area contributed by atoms with E-state index in [0.29, 0.717) is 6.42 Å². The van der Waals surface area contributed by atoms with Crippen LogP contribution in [-0.4, -0.2) is 5.11 Å². The topological polar surface area (TPSA) is 20.2 Å². The van der Waals surface area contributed by atoms with Crippen LogP contribution in [0, 0.1) is 18.6 Å². The third-order valence-corrected chi connectivity index (χ3v) is 3.25. The summed E-state index contributed by atoms with van der Waals surface area (Å²) in [5.41, 5.74) is 0.347. The van der Waals surface area contributed by atoms with Crippen molar-refractivity contribution in [3.05, 3.63) is 34.9 Å². The van der Waals surface area contributed by atoms with Gasteiger partial charge in [0.05, 0.1) is 6.10 Å². The number of aliphatic hydroxyl groups excluding tert-OH is 1. The average molecular weight is 256 g/mol. The van der Waals surface area contributed by atoms with Crippen molar-refractivity contribution in [1.29, 1.82) is 0 Å². The highest BCUT2D eigenvalue weighted by Gasteiger charge is 2.17. The highest BCUT2D eigenvalue weighted by Crippen LogP contribution is 2.25. The molecule has 18 heavy (non-hydrogen) atoms. The van der Waals surface area contributed by atoms with E-state index in [4.69, 9.17) is 0 Å². The molecule has 0 fully saturated rings. The maximum Gasteiger partial charge on any atom is 0.164 e. The molecule has 0 bridgehead atoms. The Morgan fingerprint density at radius 2 is 1.72 bits per heavy atom. The fourth-order valence-corrected chi connectivity index (χ4v) is 2.02. The van der Waals surface area contributed by atoms with Crippen molar-refractivity contribution in [2.75, 3.05) is 0 Å². The monoisotopic (exact) mass is 256 g/mol. The maximum absolute atomic E-state index is 13.6. The van der Waals surface area contributed by atoms with Gasteiger partial charge in [-0.05, 0) is 18.9 Å². The molecule has 1 nitrogen and oxygen atoms in total.